The normalized spacial score (nSPS) is 9.56. The Bertz CT molecular complexity index is 183. The molecule has 0 N–H and O–H groups in total. The number of hydrogen-bond acceptors (Lipinski definition) is 2. The Morgan fingerprint density at radius 3 is 2.22 bits per heavy atom. The first-order valence-electron chi connectivity index (χ1n) is 2.40. The minimum absolute atomic E-state index is 1.19. The first kappa shape index (κ1) is 7.75. The zero-order valence-electron chi connectivity index (χ0n) is 4.54. The van der Waals surface area contributed by atoms with Crippen molar-refractivity contribution in [3.05, 3.63) is 27.8 Å². The highest BCUT2D eigenvalue weighted by molar-refractivity contribution is 14.1. The van der Waals surface area contributed by atoms with Crippen LogP contribution in [0, 0.1) is 3.57 Å². The van der Waals surface area contributed by atoms with Gasteiger partial charge in [0.05, 0.1) is 0 Å². The van der Waals surface area contributed by atoms with Gasteiger partial charge in [-0.25, -0.2) is 0 Å². The van der Waals surface area contributed by atoms with E-state index in [1.165, 1.54) is 19.3 Å². The molecule has 3 heteroatoms. The summed E-state index contributed by atoms with van der Waals surface area (Å²) in [7, 11) is 1.47. The molecule has 0 saturated carbocycles. The summed E-state index contributed by atoms with van der Waals surface area (Å²) < 4.78 is 1.26. The highest BCUT2D eigenvalue weighted by Gasteiger charge is 1.87. The molecule has 48 valence electrons. The Morgan fingerprint density at radius 1 is 1.22 bits per heavy atom. The maximum absolute atomic E-state index is 4.06. The van der Waals surface area contributed by atoms with Crippen LogP contribution in [-0.2, 0) is 0 Å². The van der Waals surface area contributed by atoms with Crippen molar-refractivity contribution in [1.82, 2.24) is 0 Å². The lowest BCUT2D eigenvalue weighted by atomic mass is 10.4. The maximum atomic E-state index is 4.06. The van der Waals surface area contributed by atoms with Gasteiger partial charge in [-0.05, 0) is 46.9 Å². The molecule has 0 aliphatic carbocycles. The third-order valence-corrected chi connectivity index (χ3v) is 2.75. The van der Waals surface area contributed by atoms with Gasteiger partial charge in [-0.3, -0.25) is 0 Å². The quantitative estimate of drug-likeness (QED) is 0.463. The Balaban J connectivity index is 2.88. The number of benzene rings is 1. The molecule has 0 atom stereocenters. The van der Waals surface area contributed by atoms with E-state index in [1.807, 2.05) is 0 Å². The van der Waals surface area contributed by atoms with Gasteiger partial charge in [0.1, 0.15) is 0 Å². The molecule has 0 spiro atoms. The van der Waals surface area contributed by atoms with E-state index >= 15 is 0 Å². The van der Waals surface area contributed by atoms with Gasteiger partial charge in [0, 0.05) is 8.47 Å². The Kier molecular flexibility index (Phi) is 3.21. The average molecular weight is 268 g/mol. The van der Waals surface area contributed by atoms with Crippen molar-refractivity contribution in [2.24, 2.45) is 0 Å². The van der Waals surface area contributed by atoms with Crippen LogP contribution in [0.4, 0.5) is 0 Å². The van der Waals surface area contributed by atoms with Crippen LogP contribution in [0.5, 0.6) is 0 Å². The van der Waals surface area contributed by atoms with Crippen LogP contribution in [0.3, 0.4) is 0 Å². The Hall–Kier alpha value is 0.650. The molecule has 1 rings (SSSR count). The molecule has 0 fully saturated rings. The van der Waals surface area contributed by atoms with E-state index < -0.39 is 0 Å². The van der Waals surface area contributed by atoms with Gasteiger partial charge in [-0.15, -0.1) is 11.7 Å². The fourth-order valence-corrected chi connectivity index (χ4v) is 1.48. The monoisotopic (exact) mass is 268 g/mol. The second-order valence-corrected chi connectivity index (χ2v) is 3.99. The van der Waals surface area contributed by atoms with Crippen LogP contribution in [0.25, 0.3) is 0 Å². The standard InChI is InChI=1S/C6H5IS2/c7-5-1-3-6(9-8)4-2-5/h1-4,8H. The number of hydrogen-bond donors (Lipinski definition) is 1. The summed E-state index contributed by atoms with van der Waals surface area (Å²) in [4.78, 5) is 1.19. The predicted octanol–water partition coefficient (Wildman–Crippen LogP) is 3.23. The van der Waals surface area contributed by atoms with Gasteiger partial charge in [0.25, 0.3) is 0 Å². The second-order valence-electron chi connectivity index (χ2n) is 1.55. The minimum Gasteiger partial charge on any atom is -0.106 e. The van der Waals surface area contributed by atoms with Gasteiger partial charge >= 0.3 is 0 Å². The number of halogens is 1. The lowest BCUT2D eigenvalue weighted by Gasteiger charge is -1.92. The zero-order valence-corrected chi connectivity index (χ0v) is 8.41. The molecular formula is C6H5IS2. The number of thiol groups is 1. The molecule has 0 aliphatic heterocycles. The summed E-state index contributed by atoms with van der Waals surface area (Å²) in [6.45, 7) is 0. The molecule has 1 aromatic rings. The van der Waals surface area contributed by atoms with Crippen LogP contribution >= 0.6 is 45.0 Å². The molecule has 0 radical (unpaired) electrons. The topological polar surface area (TPSA) is 0 Å². The van der Waals surface area contributed by atoms with E-state index in [4.69, 9.17) is 0 Å². The van der Waals surface area contributed by atoms with E-state index in [1.54, 1.807) is 0 Å². The molecule has 0 aliphatic rings. The first-order chi connectivity index (χ1) is 4.33. The smallest absolute Gasteiger partial charge is 0.0181 e. The Morgan fingerprint density at radius 2 is 1.78 bits per heavy atom. The largest absolute Gasteiger partial charge is 0.106 e. The fourth-order valence-electron chi connectivity index (χ4n) is 0.495. The lowest BCUT2D eigenvalue weighted by molar-refractivity contribution is 1.45. The van der Waals surface area contributed by atoms with E-state index in [9.17, 15) is 0 Å². The summed E-state index contributed by atoms with van der Waals surface area (Å²) >= 11 is 6.34. The van der Waals surface area contributed by atoms with Gasteiger partial charge in [-0.2, -0.15) is 0 Å². The molecule has 9 heavy (non-hydrogen) atoms. The van der Waals surface area contributed by atoms with Crippen molar-refractivity contribution in [2.45, 2.75) is 4.90 Å². The van der Waals surface area contributed by atoms with Crippen LogP contribution in [0.1, 0.15) is 0 Å². The molecule has 0 amide bonds. The van der Waals surface area contributed by atoms with Gasteiger partial charge in [-0.1, -0.05) is 10.8 Å². The van der Waals surface area contributed by atoms with Crippen molar-refractivity contribution in [2.75, 3.05) is 0 Å². The third kappa shape index (κ3) is 2.39. The van der Waals surface area contributed by atoms with Crippen molar-refractivity contribution in [3.63, 3.8) is 0 Å². The van der Waals surface area contributed by atoms with Gasteiger partial charge in [0.15, 0.2) is 0 Å². The van der Waals surface area contributed by atoms with Gasteiger partial charge < -0.3 is 0 Å². The van der Waals surface area contributed by atoms with E-state index in [-0.39, 0.29) is 0 Å². The second kappa shape index (κ2) is 3.73. The average Bonchev–Trinajstić information content (AvgIpc) is 1.90. The SMILES string of the molecule is SSc1ccc(I)cc1. The highest BCUT2D eigenvalue weighted by atomic mass is 127. The summed E-state index contributed by atoms with van der Waals surface area (Å²) in [5.41, 5.74) is 0. The summed E-state index contributed by atoms with van der Waals surface area (Å²) in [5.74, 6) is 0. The summed E-state index contributed by atoms with van der Waals surface area (Å²) in [6.07, 6.45) is 0. The molecule has 0 heterocycles. The van der Waals surface area contributed by atoms with Crippen LogP contribution in [0.2, 0.25) is 0 Å². The van der Waals surface area contributed by atoms with Crippen molar-refractivity contribution >= 4 is 45.0 Å². The molecule has 0 bridgehead atoms. The zero-order chi connectivity index (χ0) is 6.69. The number of rotatable bonds is 1. The van der Waals surface area contributed by atoms with Crippen molar-refractivity contribution < 1.29 is 0 Å². The fraction of sp³-hybridized carbons (Fsp3) is 0. The highest BCUT2D eigenvalue weighted by Crippen LogP contribution is 2.21. The van der Waals surface area contributed by atoms with E-state index in [0.29, 0.717) is 0 Å². The van der Waals surface area contributed by atoms with E-state index in [0.717, 1.165) is 0 Å². The molecular weight excluding hydrogens is 263 g/mol. The lowest BCUT2D eigenvalue weighted by Crippen LogP contribution is -1.67. The maximum Gasteiger partial charge on any atom is 0.0181 e. The van der Waals surface area contributed by atoms with Gasteiger partial charge in [0.2, 0.25) is 0 Å². The molecule has 0 nitrogen and oxygen atoms in total. The van der Waals surface area contributed by atoms with Crippen molar-refractivity contribution in [1.29, 1.82) is 0 Å². The van der Waals surface area contributed by atoms with Crippen LogP contribution in [-0.4, -0.2) is 0 Å². The minimum atomic E-state index is 1.19. The van der Waals surface area contributed by atoms with Crippen molar-refractivity contribution in [3.8, 4) is 0 Å². The van der Waals surface area contributed by atoms with E-state index in [2.05, 4.69) is 58.5 Å². The first-order valence-corrected chi connectivity index (χ1v) is 5.34. The summed E-state index contributed by atoms with van der Waals surface area (Å²) in [5, 5.41) is 0. The third-order valence-electron chi connectivity index (χ3n) is 0.919. The molecule has 1 aromatic carbocycles. The molecule has 0 saturated heterocycles. The predicted molar refractivity (Wildman–Crippen MR) is 54.0 cm³/mol. The van der Waals surface area contributed by atoms with Crippen LogP contribution < -0.4 is 0 Å². The summed E-state index contributed by atoms with van der Waals surface area (Å²) in [6, 6.07) is 8.25. The van der Waals surface area contributed by atoms with Crippen LogP contribution in [0.15, 0.2) is 29.2 Å². The Labute approximate surface area is 77.4 Å². The molecule has 0 aromatic heterocycles. The molecule has 0 unspecified atom stereocenters.